The Hall–Kier alpha value is -11.1. The van der Waals surface area contributed by atoms with Gasteiger partial charge in [-0.25, -0.2) is 39.4 Å². The smallest absolute Gasteiger partial charge is 0.329 e. The van der Waals surface area contributed by atoms with Crippen molar-refractivity contribution in [3.05, 3.63) is 142 Å². The number of aliphatic hydroxyl groups excluding tert-OH is 3. The van der Waals surface area contributed by atoms with Crippen LogP contribution in [0.15, 0.2) is 118 Å². The molecule has 710 valence electrons. The van der Waals surface area contributed by atoms with Crippen molar-refractivity contribution in [3.63, 3.8) is 0 Å². The van der Waals surface area contributed by atoms with Crippen LogP contribution < -0.4 is 26.6 Å². The van der Waals surface area contributed by atoms with Crippen LogP contribution in [0.3, 0.4) is 0 Å². The molecular formula is C96H128N18O18. The number of hydrogen-bond donors (Lipinski definition) is 7. The summed E-state index contributed by atoms with van der Waals surface area (Å²) in [6.07, 6.45) is 17.7. The number of allylic oxidation sites excluding steroid dienone is 5. The maximum absolute atomic E-state index is 14.8. The van der Waals surface area contributed by atoms with Gasteiger partial charge < -0.3 is 99.4 Å². The van der Waals surface area contributed by atoms with Gasteiger partial charge in [-0.3, -0.25) is 24.0 Å². The molecule has 11 heterocycles. The Morgan fingerprint density at radius 3 is 2.27 bits per heavy atom. The van der Waals surface area contributed by atoms with Crippen LogP contribution in [0.25, 0.3) is 33.4 Å². The average Bonchev–Trinajstić information content (AvgIpc) is 1.60. The Bertz CT molecular complexity index is 5380. The van der Waals surface area contributed by atoms with E-state index in [9.17, 15) is 49.2 Å². The molecule has 1 saturated carbocycles. The third-order valence-corrected chi connectivity index (χ3v) is 27.3. The van der Waals surface area contributed by atoms with E-state index in [1.54, 1.807) is 58.2 Å². The zero-order valence-electron chi connectivity index (χ0n) is 77.3. The molecule has 2 aromatic carbocycles. The predicted octanol–water partition coefficient (Wildman–Crippen LogP) is 8.15. The molecule has 2 bridgehead atoms. The molecule has 36 heteroatoms. The number of nitrogen functional groups attached to an aromatic ring is 2. The van der Waals surface area contributed by atoms with Crippen molar-refractivity contribution >= 4 is 87.0 Å². The van der Waals surface area contributed by atoms with Crippen LogP contribution in [-0.4, -0.2) is 275 Å². The normalized spacial score (nSPS) is 27.8. The molecule has 132 heavy (non-hydrogen) atoms. The molecular weight excluding hydrogens is 1690 g/mol. The number of anilines is 4. The van der Waals surface area contributed by atoms with E-state index in [2.05, 4.69) is 59.3 Å². The van der Waals surface area contributed by atoms with Crippen molar-refractivity contribution in [1.29, 1.82) is 0 Å². The van der Waals surface area contributed by atoms with Gasteiger partial charge in [0.15, 0.2) is 17.8 Å². The van der Waals surface area contributed by atoms with Gasteiger partial charge in [-0.05, 0) is 148 Å². The fraction of sp³-hybridized carbons (Fsp3) is 0.573. The first kappa shape index (κ1) is 96.9. The molecule has 14 rings (SSSR count). The molecule has 0 radical (unpaired) electrons. The Morgan fingerprint density at radius 2 is 1.49 bits per heavy atom. The highest BCUT2D eigenvalue weighted by molar-refractivity contribution is 6.39. The SMILES string of the molecule is CO[C@H]1C[C@@H]2CC[C@@H](C)[C@@](O)(O2)C(=O)C(=O)N2CCCC[C@H]2C(=O)O[C@H]([C@H](C)C[C@@H]2CC[C@@H](O)[C@H](OC)C2)C[C@@H](O)[C@H](C)/C=C(\C)[C@@H](O)[C@@H](OC)C(=NOCC(=O)N2CCc3nc(N4CCN(c5ncc(C(=O)NCCOCCC(=O)N6CCc7cc(Cn8nc(-c9ccc%10oc(N)nc%10c9)c9c(N)ncnc98)ccc7C6)cn5)CC4)ncc3C2)[C@H](C)CC(C)/C=C/C=CC=C1C. The molecule has 36 nitrogen and oxygen atoms in total. The zero-order chi connectivity index (χ0) is 93.6. The lowest BCUT2D eigenvalue weighted by Crippen LogP contribution is -2.61. The number of amides is 4. The van der Waals surface area contributed by atoms with Crippen LogP contribution in [0.1, 0.15) is 170 Å². The van der Waals surface area contributed by atoms with Crippen molar-refractivity contribution in [3.8, 4) is 11.3 Å². The Balaban J connectivity index is 0.555. The van der Waals surface area contributed by atoms with Gasteiger partial charge in [-0.2, -0.15) is 10.1 Å². The van der Waals surface area contributed by atoms with Gasteiger partial charge in [0.25, 0.3) is 29.5 Å². The van der Waals surface area contributed by atoms with E-state index in [4.69, 9.17) is 64.2 Å². The number of carbonyl (C=O) groups is 6. The number of esters is 1. The molecule has 6 aliphatic heterocycles. The van der Waals surface area contributed by atoms with Gasteiger partial charge in [-0.15, -0.1) is 0 Å². The van der Waals surface area contributed by atoms with Gasteiger partial charge in [0, 0.05) is 154 Å². The molecule has 7 aromatic rings. The number of piperidine rings is 1. The average molecular weight is 1820 g/mol. The van der Waals surface area contributed by atoms with Crippen molar-refractivity contribution in [2.75, 3.05) is 115 Å². The van der Waals surface area contributed by atoms with E-state index in [1.165, 1.54) is 30.7 Å². The predicted molar refractivity (Wildman–Crippen MR) is 492 cm³/mol. The number of ketones is 1. The number of piperazine rings is 1. The molecule has 1 aliphatic carbocycles. The highest BCUT2D eigenvalue weighted by Gasteiger charge is 2.53. The molecule has 0 spiro atoms. The summed E-state index contributed by atoms with van der Waals surface area (Å²) in [4.78, 5) is 132. The largest absolute Gasteiger partial charge is 0.460 e. The zero-order valence-corrected chi connectivity index (χ0v) is 77.3. The van der Waals surface area contributed by atoms with Crippen molar-refractivity contribution in [2.24, 2.45) is 40.7 Å². The summed E-state index contributed by atoms with van der Waals surface area (Å²) in [5.74, 6) is -6.79. The Morgan fingerprint density at radius 1 is 0.735 bits per heavy atom. The number of benzene rings is 2. The first-order valence-corrected chi connectivity index (χ1v) is 46.4. The Kier molecular flexibility index (Phi) is 32.4. The minimum atomic E-state index is -2.47. The number of ether oxygens (including phenoxy) is 6. The van der Waals surface area contributed by atoms with Crippen molar-refractivity contribution in [2.45, 2.75) is 225 Å². The van der Waals surface area contributed by atoms with E-state index in [1.807, 2.05) is 83.8 Å². The maximum Gasteiger partial charge on any atom is 0.329 e. The van der Waals surface area contributed by atoms with Gasteiger partial charge in [0.1, 0.15) is 47.7 Å². The standard InChI is InChI=1S/C96H128N18O18/c1-56-16-12-11-13-17-57(2)77(125-8)46-70-24-19-62(7)96(124,132-70)87(120)91(122)113-31-15-14-18-73(113)92(123)130-78(59(4)42-63-21-25-74(115)79(44-63)126-9)47-75(116)58(3)41-61(6)85(119)86(127-10)83(60(5)40-56)108-129-54-81(118)112-33-28-71-69(53-112)50-102-95(106-71)110-36-34-109(35-37-110)94-100-48-68(49-101-94)90(121)99-30-39-128-38-29-80(117)111-32-27-65-43-64(20-22-67(65)52-111)51-114-89-82(88(97)103-55-104-89)84(107-114)66-23-26-76-72(45-66)105-93(98)131-76/h11-13,16-17,20,22-23,26,41,43,45,48-50,55-56,58-60,62-63,70,73-75,77-79,85-86,115-116,119,124H,14-15,18-19,21,24-25,27-40,42,44,46-47,51-54H2,1-10H3,(H2,98,105)(H,99,121)(H2,97,103,104)/b13-11?,16-12+,57-17?,61-41+,108-83?/t56?,58-,59-,60-,62-,63+,70+,73+,74-,75-,77+,78+,79-,85-,86+,96-/m1/s1. The third kappa shape index (κ3) is 23.2. The molecule has 1 unspecified atom stereocenters. The molecule has 3 saturated heterocycles. The van der Waals surface area contributed by atoms with Crippen molar-refractivity contribution in [1.82, 2.24) is 64.7 Å². The summed E-state index contributed by atoms with van der Waals surface area (Å²) in [6, 6.07) is 10.7. The number of nitrogens with one attached hydrogen (secondary N) is 1. The van der Waals surface area contributed by atoms with Gasteiger partial charge in [0.2, 0.25) is 23.6 Å². The van der Waals surface area contributed by atoms with Crippen LogP contribution in [-0.2, 0) is 89.7 Å². The summed E-state index contributed by atoms with van der Waals surface area (Å²) in [5, 5.41) is 60.7. The lowest BCUT2D eigenvalue weighted by molar-refractivity contribution is -0.265. The number of nitrogens with zero attached hydrogens (tertiary/aromatic N) is 15. The van der Waals surface area contributed by atoms with Crippen LogP contribution in [0.4, 0.5) is 23.7 Å². The number of oxazole rings is 1. The lowest BCUT2D eigenvalue weighted by Gasteiger charge is -2.43. The quantitative estimate of drug-likeness (QED) is 0.0117. The second-order valence-corrected chi connectivity index (χ2v) is 36.6. The van der Waals surface area contributed by atoms with Crippen LogP contribution >= 0.6 is 0 Å². The number of cyclic esters (lactones) is 1. The number of aromatic nitrogens is 9. The summed E-state index contributed by atoms with van der Waals surface area (Å²) in [7, 11) is 4.62. The fourth-order valence-electron chi connectivity index (χ4n) is 19.3. The van der Waals surface area contributed by atoms with E-state index < -0.39 is 90.7 Å². The van der Waals surface area contributed by atoms with E-state index >= 15 is 0 Å². The van der Waals surface area contributed by atoms with E-state index in [0.29, 0.717) is 185 Å². The number of fused-ring (bicyclic) bond motifs is 7. The van der Waals surface area contributed by atoms with Crippen LogP contribution in [0.2, 0.25) is 0 Å². The molecule has 9 N–H and O–H groups in total. The summed E-state index contributed by atoms with van der Waals surface area (Å²) in [6.45, 7) is 17.7. The maximum atomic E-state index is 14.8. The third-order valence-electron chi connectivity index (χ3n) is 27.3. The summed E-state index contributed by atoms with van der Waals surface area (Å²) >= 11 is 0. The number of rotatable bonds is 21. The number of hydrogen-bond acceptors (Lipinski definition) is 31. The first-order valence-electron chi connectivity index (χ1n) is 46.4. The van der Waals surface area contributed by atoms with Crippen LogP contribution in [0, 0.1) is 35.5 Å². The number of carbonyl (C=O) groups excluding carboxylic acids is 6. The molecule has 5 aromatic heterocycles. The van der Waals surface area contributed by atoms with E-state index in [-0.39, 0.29) is 112 Å². The highest BCUT2D eigenvalue weighted by Crippen LogP contribution is 2.40. The fourth-order valence-corrected chi connectivity index (χ4v) is 19.3. The monoisotopic (exact) mass is 1820 g/mol. The first-order chi connectivity index (χ1) is 63.5. The second kappa shape index (κ2) is 44.2. The number of oxime groups is 1. The summed E-state index contributed by atoms with van der Waals surface area (Å²) < 4.78 is 43.6. The lowest BCUT2D eigenvalue weighted by atomic mass is 9.78. The minimum Gasteiger partial charge on any atom is -0.460 e. The van der Waals surface area contributed by atoms with Gasteiger partial charge in [0.05, 0.1) is 79.1 Å². The highest BCUT2D eigenvalue weighted by atomic mass is 16.6. The second-order valence-electron chi connectivity index (χ2n) is 36.6. The van der Waals surface area contributed by atoms with E-state index in [0.717, 1.165) is 39.1 Å². The molecule has 4 amide bonds. The molecule has 7 aliphatic rings. The Labute approximate surface area is 769 Å². The van der Waals surface area contributed by atoms with Crippen LogP contribution in [0.5, 0.6) is 0 Å². The molecule has 4 fully saturated rings. The topological polar surface area (TPSA) is 462 Å². The number of Topliss-reactive ketones (excluding diaryl/α,β-unsaturated/α-hetero) is 1. The number of methoxy groups -OCH3 is 3. The summed E-state index contributed by atoms with van der Waals surface area (Å²) in [5.41, 5.74) is 22.2. The molecule has 16 atom stereocenters. The minimum absolute atomic E-state index is 0.0177. The number of nitrogens with two attached hydrogens (primary N) is 2. The van der Waals surface area contributed by atoms with Crippen molar-refractivity contribution < 1.29 is 86.9 Å². The van der Waals surface area contributed by atoms with Gasteiger partial charge in [-0.1, -0.05) is 94.4 Å². The van der Waals surface area contributed by atoms with Gasteiger partial charge >= 0.3 is 5.97 Å². The number of aliphatic hydroxyl groups is 4.